The fourth-order valence-corrected chi connectivity index (χ4v) is 2.58. The normalized spacial score (nSPS) is 14.8. The molecule has 0 amide bonds. The minimum atomic E-state index is -0.175. The number of nitrogens with two attached hydrogens (primary N) is 1. The number of hydrogen-bond donors (Lipinski definition) is 1. The van der Waals surface area contributed by atoms with E-state index in [2.05, 4.69) is 25.8 Å². The minimum absolute atomic E-state index is 0.0288. The van der Waals surface area contributed by atoms with Gasteiger partial charge in [-0.3, -0.25) is 4.90 Å². The van der Waals surface area contributed by atoms with Crippen LogP contribution in [0, 0.1) is 5.82 Å². The zero-order valence-corrected chi connectivity index (χ0v) is 11.7. The summed E-state index contributed by atoms with van der Waals surface area (Å²) in [5.41, 5.74) is 7.00. The Morgan fingerprint density at radius 2 is 2.06 bits per heavy atom. The Balaban J connectivity index is 2.81. The van der Waals surface area contributed by atoms with E-state index in [4.69, 9.17) is 5.73 Å². The van der Waals surface area contributed by atoms with Crippen molar-refractivity contribution in [3.8, 4) is 0 Å². The van der Waals surface area contributed by atoms with Gasteiger partial charge < -0.3 is 5.73 Å². The highest BCUT2D eigenvalue weighted by Crippen LogP contribution is 2.25. The van der Waals surface area contributed by atoms with Crippen molar-refractivity contribution in [3.63, 3.8) is 0 Å². The first-order chi connectivity index (χ1) is 8.57. The van der Waals surface area contributed by atoms with Crippen molar-refractivity contribution < 1.29 is 4.39 Å². The van der Waals surface area contributed by atoms with Crippen LogP contribution in [0.15, 0.2) is 24.3 Å². The number of hydrogen-bond acceptors (Lipinski definition) is 2. The molecule has 0 saturated carbocycles. The highest BCUT2D eigenvalue weighted by Gasteiger charge is 2.30. The largest absolute Gasteiger partial charge is 0.329 e. The molecule has 0 aliphatic carbocycles. The SMILES string of the molecule is CCCC(CC)(CN)N(C)Cc1cccc(F)c1. The topological polar surface area (TPSA) is 29.3 Å². The summed E-state index contributed by atoms with van der Waals surface area (Å²) in [7, 11) is 2.08. The maximum atomic E-state index is 13.2. The van der Waals surface area contributed by atoms with Gasteiger partial charge in [0, 0.05) is 18.6 Å². The molecule has 2 nitrogen and oxygen atoms in total. The quantitative estimate of drug-likeness (QED) is 0.807. The Labute approximate surface area is 110 Å². The molecule has 0 saturated heterocycles. The summed E-state index contributed by atoms with van der Waals surface area (Å²) in [5.74, 6) is -0.175. The molecule has 18 heavy (non-hydrogen) atoms. The molecule has 0 spiro atoms. The van der Waals surface area contributed by atoms with Gasteiger partial charge in [-0.1, -0.05) is 32.4 Å². The van der Waals surface area contributed by atoms with Gasteiger partial charge in [0.15, 0.2) is 0 Å². The van der Waals surface area contributed by atoms with Gasteiger partial charge in [0.1, 0.15) is 5.82 Å². The summed E-state index contributed by atoms with van der Waals surface area (Å²) in [6.45, 7) is 5.73. The maximum absolute atomic E-state index is 13.2. The van der Waals surface area contributed by atoms with Crippen LogP contribution in [-0.2, 0) is 6.54 Å². The molecule has 1 rings (SSSR count). The molecule has 0 bridgehead atoms. The number of halogens is 1. The fraction of sp³-hybridized carbons (Fsp3) is 0.600. The molecule has 1 unspecified atom stereocenters. The number of rotatable bonds is 7. The van der Waals surface area contributed by atoms with Crippen molar-refractivity contribution in [2.24, 2.45) is 5.73 Å². The van der Waals surface area contributed by atoms with E-state index in [9.17, 15) is 4.39 Å². The first-order valence-electron chi connectivity index (χ1n) is 6.73. The molecule has 2 N–H and O–H groups in total. The number of likely N-dealkylation sites (N-methyl/N-ethyl adjacent to an activating group) is 1. The predicted octanol–water partition coefficient (Wildman–Crippen LogP) is 3.17. The van der Waals surface area contributed by atoms with E-state index in [0.717, 1.165) is 31.4 Å². The Bertz CT molecular complexity index is 361. The number of nitrogens with zero attached hydrogens (tertiary/aromatic N) is 1. The summed E-state index contributed by atoms with van der Waals surface area (Å²) in [5, 5.41) is 0. The van der Waals surface area contributed by atoms with Gasteiger partial charge in [0.25, 0.3) is 0 Å². The van der Waals surface area contributed by atoms with Crippen LogP contribution in [-0.4, -0.2) is 24.0 Å². The maximum Gasteiger partial charge on any atom is 0.123 e. The van der Waals surface area contributed by atoms with Crippen LogP contribution in [0.5, 0.6) is 0 Å². The van der Waals surface area contributed by atoms with Crippen LogP contribution in [0.1, 0.15) is 38.7 Å². The fourth-order valence-electron chi connectivity index (χ4n) is 2.58. The molecule has 1 aromatic carbocycles. The van der Waals surface area contributed by atoms with E-state index in [1.165, 1.54) is 6.07 Å². The Morgan fingerprint density at radius 3 is 2.56 bits per heavy atom. The molecule has 1 aromatic rings. The number of benzene rings is 1. The summed E-state index contributed by atoms with van der Waals surface area (Å²) >= 11 is 0. The Hall–Kier alpha value is -0.930. The van der Waals surface area contributed by atoms with Crippen LogP contribution in [0.25, 0.3) is 0 Å². The second-order valence-corrected chi connectivity index (χ2v) is 5.02. The molecule has 3 heteroatoms. The second kappa shape index (κ2) is 6.86. The molecule has 0 aliphatic rings. The highest BCUT2D eigenvalue weighted by molar-refractivity contribution is 5.16. The van der Waals surface area contributed by atoms with Gasteiger partial charge in [0.2, 0.25) is 0 Å². The van der Waals surface area contributed by atoms with E-state index in [1.807, 2.05) is 6.07 Å². The van der Waals surface area contributed by atoms with Gasteiger partial charge >= 0.3 is 0 Å². The van der Waals surface area contributed by atoms with Gasteiger partial charge in [-0.2, -0.15) is 0 Å². The van der Waals surface area contributed by atoms with E-state index in [1.54, 1.807) is 12.1 Å². The molecule has 0 fully saturated rings. The lowest BCUT2D eigenvalue weighted by atomic mass is 9.88. The van der Waals surface area contributed by atoms with Crippen LogP contribution < -0.4 is 5.73 Å². The van der Waals surface area contributed by atoms with Crippen LogP contribution in [0.2, 0.25) is 0 Å². The van der Waals surface area contributed by atoms with E-state index < -0.39 is 0 Å². The van der Waals surface area contributed by atoms with Crippen LogP contribution >= 0.6 is 0 Å². The second-order valence-electron chi connectivity index (χ2n) is 5.02. The lowest BCUT2D eigenvalue weighted by molar-refractivity contribution is 0.102. The molecular weight excluding hydrogens is 227 g/mol. The van der Waals surface area contributed by atoms with Crippen molar-refractivity contribution in [1.82, 2.24) is 4.90 Å². The first kappa shape index (κ1) is 15.1. The molecule has 1 atom stereocenters. The third-order valence-electron chi connectivity index (χ3n) is 3.87. The molecule has 0 heterocycles. The first-order valence-corrected chi connectivity index (χ1v) is 6.73. The molecule has 0 aliphatic heterocycles. The lowest BCUT2D eigenvalue weighted by Crippen LogP contribution is -2.51. The van der Waals surface area contributed by atoms with Crippen molar-refractivity contribution >= 4 is 0 Å². The third kappa shape index (κ3) is 3.53. The van der Waals surface area contributed by atoms with Crippen molar-refractivity contribution in [2.45, 2.75) is 45.2 Å². The van der Waals surface area contributed by atoms with E-state index in [0.29, 0.717) is 6.54 Å². The molecule has 102 valence electrons. The summed E-state index contributed by atoms with van der Waals surface area (Å²) in [4.78, 5) is 2.27. The standard InChI is InChI=1S/C15H25FN2/c1-4-9-15(5-2,12-17)18(3)11-13-7-6-8-14(16)10-13/h6-8,10H,4-5,9,11-12,17H2,1-3H3. The van der Waals surface area contributed by atoms with Gasteiger partial charge in [0.05, 0.1) is 0 Å². The van der Waals surface area contributed by atoms with Gasteiger partial charge in [-0.05, 0) is 37.6 Å². The van der Waals surface area contributed by atoms with Crippen LogP contribution in [0.3, 0.4) is 0 Å². The monoisotopic (exact) mass is 252 g/mol. The predicted molar refractivity (Wildman–Crippen MR) is 74.9 cm³/mol. The average Bonchev–Trinajstić information content (AvgIpc) is 2.36. The van der Waals surface area contributed by atoms with Crippen molar-refractivity contribution in [2.75, 3.05) is 13.6 Å². The van der Waals surface area contributed by atoms with Gasteiger partial charge in [-0.15, -0.1) is 0 Å². The minimum Gasteiger partial charge on any atom is -0.329 e. The Kier molecular flexibility index (Phi) is 5.76. The highest BCUT2D eigenvalue weighted by atomic mass is 19.1. The summed E-state index contributed by atoms with van der Waals surface area (Å²) < 4.78 is 13.2. The summed E-state index contributed by atoms with van der Waals surface area (Å²) in [6, 6.07) is 6.79. The van der Waals surface area contributed by atoms with Gasteiger partial charge in [-0.25, -0.2) is 4.39 Å². The van der Waals surface area contributed by atoms with Crippen LogP contribution in [0.4, 0.5) is 4.39 Å². The smallest absolute Gasteiger partial charge is 0.123 e. The zero-order valence-electron chi connectivity index (χ0n) is 11.7. The lowest BCUT2D eigenvalue weighted by Gasteiger charge is -2.41. The molecular formula is C15H25FN2. The van der Waals surface area contributed by atoms with E-state index >= 15 is 0 Å². The van der Waals surface area contributed by atoms with Crippen molar-refractivity contribution in [3.05, 3.63) is 35.6 Å². The molecule has 0 radical (unpaired) electrons. The summed E-state index contributed by atoms with van der Waals surface area (Å²) in [6.07, 6.45) is 3.20. The third-order valence-corrected chi connectivity index (χ3v) is 3.87. The average molecular weight is 252 g/mol. The van der Waals surface area contributed by atoms with E-state index in [-0.39, 0.29) is 11.4 Å². The Morgan fingerprint density at radius 1 is 1.33 bits per heavy atom. The molecule has 0 aromatic heterocycles. The zero-order chi connectivity index (χ0) is 13.6. The van der Waals surface area contributed by atoms with Crippen molar-refractivity contribution in [1.29, 1.82) is 0 Å².